The number of hydrogen-bond acceptors (Lipinski definition) is 5. The molecule has 0 fully saturated rings. The molecule has 1 aromatic carbocycles. The molecule has 8 heteroatoms. The quantitative estimate of drug-likeness (QED) is 0.777. The molecule has 0 aliphatic carbocycles. The Labute approximate surface area is 158 Å². The van der Waals surface area contributed by atoms with Crippen LogP contribution in [0.3, 0.4) is 0 Å². The zero-order valence-electron chi connectivity index (χ0n) is 15.6. The fraction of sp³-hybridized carbons (Fsp3) is 0.389. The van der Waals surface area contributed by atoms with Crippen LogP contribution in [0.1, 0.15) is 34.0 Å². The highest BCUT2D eigenvalue weighted by Crippen LogP contribution is 2.30. The summed E-state index contributed by atoms with van der Waals surface area (Å²) < 4.78 is 31.7. The molecule has 0 atom stereocenters. The van der Waals surface area contributed by atoms with Gasteiger partial charge in [0.05, 0.1) is 11.5 Å². The lowest BCUT2D eigenvalue weighted by molar-refractivity contribution is 0.103. The first-order valence-corrected chi connectivity index (χ1v) is 10.6. The predicted octanol–water partition coefficient (Wildman–Crippen LogP) is 3.52. The minimum absolute atomic E-state index is 0.0266. The van der Waals surface area contributed by atoms with E-state index in [-0.39, 0.29) is 16.6 Å². The van der Waals surface area contributed by atoms with Crippen LogP contribution in [-0.4, -0.2) is 39.3 Å². The average molecular weight is 397 g/mol. The van der Waals surface area contributed by atoms with Gasteiger partial charge in [0.15, 0.2) is 0 Å². The van der Waals surface area contributed by atoms with Gasteiger partial charge in [0.25, 0.3) is 5.91 Å². The number of thiophene rings is 1. The van der Waals surface area contributed by atoms with Crippen molar-refractivity contribution in [3.8, 4) is 5.75 Å². The van der Waals surface area contributed by atoms with E-state index in [2.05, 4.69) is 5.32 Å². The standard InChI is InChI=1S/C18H24N2O4S2/c1-6-13-10-16(25-12(13)3)18(21)19-14-8-9-15(24-7-2)17(11-14)26(22,23)20(4)5/h8-11H,6-7H2,1-5H3,(H,19,21). The number of aryl methyl sites for hydroxylation is 2. The fourth-order valence-electron chi connectivity index (χ4n) is 2.43. The monoisotopic (exact) mass is 396 g/mol. The molecule has 0 saturated heterocycles. The first kappa shape index (κ1) is 20.4. The zero-order chi connectivity index (χ0) is 19.5. The summed E-state index contributed by atoms with van der Waals surface area (Å²) in [7, 11) is -0.789. The van der Waals surface area contributed by atoms with E-state index >= 15 is 0 Å². The van der Waals surface area contributed by atoms with Crippen LogP contribution in [0.2, 0.25) is 0 Å². The van der Waals surface area contributed by atoms with Crippen molar-refractivity contribution in [1.29, 1.82) is 0 Å². The number of carbonyl (C=O) groups is 1. The Balaban J connectivity index is 2.36. The molecule has 6 nitrogen and oxygen atoms in total. The summed E-state index contributed by atoms with van der Waals surface area (Å²) in [6, 6.07) is 6.51. The molecule has 0 radical (unpaired) electrons. The third-order valence-electron chi connectivity index (χ3n) is 3.89. The molecule has 1 heterocycles. The molecule has 0 aliphatic heterocycles. The van der Waals surface area contributed by atoms with Gasteiger partial charge in [-0.25, -0.2) is 12.7 Å². The zero-order valence-corrected chi connectivity index (χ0v) is 17.3. The number of nitrogens with zero attached hydrogens (tertiary/aromatic N) is 1. The fourth-order valence-corrected chi connectivity index (χ4v) is 4.49. The molecule has 1 amide bonds. The van der Waals surface area contributed by atoms with E-state index in [9.17, 15) is 13.2 Å². The van der Waals surface area contributed by atoms with Gasteiger partial charge in [-0.1, -0.05) is 6.92 Å². The highest BCUT2D eigenvalue weighted by Gasteiger charge is 2.23. The van der Waals surface area contributed by atoms with Crippen LogP contribution in [0, 0.1) is 6.92 Å². The Hall–Kier alpha value is -1.90. The van der Waals surface area contributed by atoms with E-state index in [1.165, 1.54) is 31.5 Å². The molecule has 0 unspecified atom stereocenters. The molecule has 1 aromatic heterocycles. The summed E-state index contributed by atoms with van der Waals surface area (Å²) in [6.45, 7) is 6.16. The van der Waals surface area contributed by atoms with E-state index < -0.39 is 10.0 Å². The van der Waals surface area contributed by atoms with Crippen molar-refractivity contribution < 1.29 is 17.9 Å². The lowest BCUT2D eigenvalue weighted by Crippen LogP contribution is -2.23. The van der Waals surface area contributed by atoms with Crippen LogP contribution < -0.4 is 10.1 Å². The van der Waals surface area contributed by atoms with Crippen molar-refractivity contribution in [2.75, 3.05) is 26.0 Å². The number of nitrogens with one attached hydrogen (secondary N) is 1. The molecule has 0 aliphatic rings. The van der Waals surface area contributed by atoms with E-state index in [4.69, 9.17) is 4.74 Å². The summed E-state index contributed by atoms with van der Waals surface area (Å²) in [6.07, 6.45) is 0.865. The van der Waals surface area contributed by atoms with Crippen molar-refractivity contribution >= 4 is 33.0 Å². The van der Waals surface area contributed by atoms with Crippen molar-refractivity contribution in [3.63, 3.8) is 0 Å². The van der Waals surface area contributed by atoms with Gasteiger partial charge in [-0.15, -0.1) is 11.3 Å². The van der Waals surface area contributed by atoms with Gasteiger partial charge in [-0.05, 0) is 50.1 Å². The first-order chi connectivity index (χ1) is 12.2. The SMILES string of the molecule is CCOc1ccc(NC(=O)c2cc(CC)c(C)s2)cc1S(=O)(=O)N(C)C. The van der Waals surface area contributed by atoms with Gasteiger partial charge in [0, 0.05) is 24.7 Å². The third-order valence-corrected chi connectivity index (χ3v) is 6.81. The van der Waals surface area contributed by atoms with Gasteiger partial charge < -0.3 is 10.1 Å². The number of anilines is 1. The van der Waals surface area contributed by atoms with Crippen molar-refractivity contribution in [3.05, 3.63) is 39.6 Å². The molecular formula is C18H24N2O4S2. The van der Waals surface area contributed by atoms with Gasteiger partial charge in [-0.2, -0.15) is 0 Å². The second-order valence-electron chi connectivity index (χ2n) is 5.88. The molecule has 2 aromatic rings. The van der Waals surface area contributed by atoms with Crippen LogP contribution in [-0.2, 0) is 16.4 Å². The smallest absolute Gasteiger partial charge is 0.265 e. The number of rotatable bonds is 7. The third kappa shape index (κ3) is 4.25. The average Bonchev–Trinajstić information content (AvgIpc) is 2.97. The largest absolute Gasteiger partial charge is 0.492 e. The number of carbonyl (C=O) groups excluding carboxylic acids is 1. The molecule has 0 saturated carbocycles. The molecule has 0 bridgehead atoms. The second kappa shape index (κ2) is 8.20. The normalized spacial score (nSPS) is 11.6. The Kier molecular flexibility index (Phi) is 6.44. The molecule has 1 N–H and O–H groups in total. The Morgan fingerprint density at radius 3 is 2.46 bits per heavy atom. The van der Waals surface area contributed by atoms with Crippen LogP contribution in [0.5, 0.6) is 5.75 Å². The number of sulfonamides is 1. The minimum Gasteiger partial charge on any atom is -0.492 e. The number of hydrogen-bond donors (Lipinski definition) is 1. The maximum absolute atomic E-state index is 12.6. The number of benzene rings is 1. The van der Waals surface area contributed by atoms with Gasteiger partial charge >= 0.3 is 0 Å². The lowest BCUT2D eigenvalue weighted by Gasteiger charge is -2.16. The van der Waals surface area contributed by atoms with Gasteiger partial charge in [-0.3, -0.25) is 4.79 Å². The summed E-state index contributed by atoms with van der Waals surface area (Å²) >= 11 is 1.43. The summed E-state index contributed by atoms with van der Waals surface area (Å²) in [5.74, 6) is 0.00889. The Bertz CT molecular complexity index is 902. The predicted molar refractivity (Wildman–Crippen MR) is 105 cm³/mol. The van der Waals surface area contributed by atoms with Gasteiger partial charge in [0.1, 0.15) is 10.6 Å². The second-order valence-corrected chi connectivity index (χ2v) is 9.26. The molecular weight excluding hydrogens is 372 g/mol. The van der Waals surface area contributed by atoms with Crippen LogP contribution in [0.25, 0.3) is 0 Å². The highest BCUT2D eigenvalue weighted by molar-refractivity contribution is 7.89. The first-order valence-electron chi connectivity index (χ1n) is 8.30. The topological polar surface area (TPSA) is 75.7 Å². The van der Waals surface area contributed by atoms with Crippen molar-refractivity contribution in [1.82, 2.24) is 4.31 Å². The van der Waals surface area contributed by atoms with E-state index in [1.54, 1.807) is 19.1 Å². The molecule has 2 rings (SSSR count). The van der Waals surface area contributed by atoms with Gasteiger partial charge in [0.2, 0.25) is 10.0 Å². The summed E-state index contributed by atoms with van der Waals surface area (Å²) in [4.78, 5) is 14.2. The lowest BCUT2D eigenvalue weighted by atomic mass is 10.2. The Morgan fingerprint density at radius 1 is 1.23 bits per heavy atom. The summed E-state index contributed by atoms with van der Waals surface area (Å²) in [5, 5.41) is 2.78. The molecule has 0 spiro atoms. The number of ether oxygens (including phenoxy) is 1. The van der Waals surface area contributed by atoms with E-state index in [0.717, 1.165) is 21.2 Å². The molecule has 26 heavy (non-hydrogen) atoms. The number of amides is 1. The van der Waals surface area contributed by atoms with Crippen molar-refractivity contribution in [2.24, 2.45) is 0 Å². The molecule has 142 valence electrons. The van der Waals surface area contributed by atoms with E-state index in [1.807, 2.05) is 19.9 Å². The van der Waals surface area contributed by atoms with Crippen LogP contribution >= 0.6 is 11.3 Å². The summed E-state index contributed by atoms with van der Waals surface area (Å²) in [5.41, 5.74) is 1.55. The minimum atomic E-state index is -3.70. The van der Waals surface area contributed by atoms with E-state index in [0.29, 0.717) is 17.2 Å². The highest BCUT2D eigenvalue weighted by atomic mass is 32.2. The Morgan fingerprint density at radius 2 is 1.92 bits per heavy atom. The van der Waals surface area contributed by atoms with Crippen LogP contribution in [0.4, 0.5) is 5.69 Å². The maximum Gasteiger partial charge on any atom is 0.265 e. The van der Waals surface area contributed by atoms with Crippen molar-refractivity contribution in [2.45, 2.75) is 32.1 Å². The maximum atomic E-state index is 12.6. The van der Waals surface area contributed by atoms with Crippen LogP contribution in [0.15, 0.2) is 29.2 Å².